The lowest BCUT2D eigenvalue weighted by atomic mass is 10.4. The van der Waals surface area contributed by atoms with Gasteiger partial charge in [-0.3, -0.25) is 9.78 Å². The van der Waals surface area contributed by atoms with Crippen molar-refractivity contribution in [2.75, 3.05) is 23.7 Å². The third-order valence-corrected chi connectivity index (χ3v) is 3.06. The van der Waals surface area contributed by atoms with E-state index >= 15 is 0 Å². The molecule has 0 aromatic carbocycles. The molecule has 0 bridgehead atoms. The Balaban J connectivity index is 1.42. The minimum Gasteiger partial charge on any atom is -0.459 e. The van der Waals surface area contributed by atoms with Crippen molar-refractivity contribution >= 4 is 23.2 Å². The Morgan fingerprint density at radius 3 is 2.62 bits per heavy atom. The van der Waals surface area contributed by atoms with Crippen LogP contribution in [0.15, 0.2) is 59.5 Å². The maximum atomic E-state index is 11.7. The maximum absolute atomic E-state index is 11.7. The van der Waals surface area contributed by atoms with E-state index in [9.17, 15) is 4.79 Å². The fourth-order valence-corrected chi connectivity index (χ4v) is 1.94. The molecular weight excluding hydrogens is 308 g/mol. The van der Waals surface area contributed by atoms with Crippen LogP contribution in [0.1, 0.15) is 10.6 Å². The summed E-state index contributed by atoms with van der Waals surface area (Å²) in [5.41, 5.74) is 0.841. The number of aromatic nitrogens is 3. The SMILES string of the molecule is O=C(NCCNc1ccc(Nc2cccnc2)nn1)c1ccco1. The first-order valence-corrected chi connectivity index (χ1v) is 7.37. The summed E-state index contributed by atoms with van der Waals surface area (Å²) in [6.07, 6.45) is 4.87. The minimum absolute atomic E-state index is 0.246. The highest BCUT2D eigenvalue weighted by atomic mass is 16.3. The molecule has 0 radical (unpaired) electrons. The van der Waals surface area contributed by atoms with Crippen LogP contribution in [0.5, 0.6) is 0 Å². The lowest BCUT2D eigenvalue weighted by Gasteiger charge is -2.07. The van der Waals surface area contributed by atoms with E-state index in [1.165, 1.54) is 6.26 Å². The summed E-state index contributed by atoms with van der Waals surface area (Å²) >= 11 is 0. The number of pyridine rings is 1. The molecule has 8 heteroatoms. The van der Waals surface area contributed by atoms with Crippen LogP contribution in [0.3, 0.4) is 0 Å². The molecule has 3 rings (SSSR count). The number of anilines is 3. The molecule has 8 nitrogen and oxygen atoms in total. The molecule has 122 valence electrons. The van der Waals surface area contributed by atoms with E-state index in [4.69, 9.17) is 4.42 Å². The number of carbonyl (C=O) groups is 1. The van der Waals surface area contributed by atoms with Gasteiger partial charge in [0, 0.05) is 19.3 Å². The summed E-state index contributed by atoms with van der Waals surface area (Å²) < 4.78 is 5.01. The molecule has 1 amide bonds. The summed E-state index contributed by atoms with van der Waals surface area (Å²) in [7, 11) is 0. The first-order chi connectivity index (χ1) is 11.8. The molecule has 3 N–H and O–H groups in total. The Morgan fingerprint density at radius 2 is 1.92 bits per heavy atom. The minimum atomic E-state index is -0.246. The van der Waals surface area contributed by atoms with Gasteiger partial charge < -0.3 is 20.4 Å². The van der Waals surface area contributed by atoms with E-state index < -0.39 is 0 Å². The van der Waals surface area contributed by atoms with Crippen LogP contribution in [0.2, 0.25) is 0 Å². The molecule has 0 aliphatic rings. The van der Waals surface area contributed by atoms with Gasteiger partial charge in [0.25, 0.3) is 5.91 Å². The van der Waals surface area contributed by atoms with Gasteiger partial charge in [0.15, 0.2) is 11.6 Å². The number of furan rings is 1. The predicted molar refractivity (Wildman–Crippen MR) is 89.1 cm³/mol. The molecule has 0 spiro atoms. The summed E-state index contributed by atoms with van der Waals surface area (Å²) in [5.74, 6) is 1.29. The van der Waals surface area contributed by atoms with Crippen molar-refractivity contribution in [2.24, 2.45) is 0 Å². The lowest BCUT2D eigenvalue weighted by molar-refractivity contribution is 0.0927. The Bertz CT molecular complexity index is 759. The van der Waals surface area contributed by atoms with Crippen molar-refractivity contribution in [3.63, 3.8) is 0 Å². The van der Waals surface area contributed by atoms with E-state index in [1.54, 1.807) is 30.6 Å². The fourth-order valence-electron chi connectivity index (χ4n) is 1.94. The molecule has 0 saturated carbocycles. The molecule has 0 unspecified atom stereocenters. The van der Waals surface area contributed by atoms with Gasteiger partial charge in [0.2, 0.25) is 0 Å². The normalized spacial score (nSPS) is 10.2. The molecule has 3 aromatic heterocycles. The Kier molecular flexibility index (Phi) is 4.98. The fraction of sp³-hybridized carbons (Fsp3) is 0.125. The standard InChI is InChI=1S/C16H16N6O2/c23-16(13-4-2-10-24-13)19-9-8-18-14-5-6-15(22-21-14)20-12-3-1-7-17-11-12/h1-7,10-11H,8-9H2,(H,18,21)(H,19,23)(H,20,22). The molecule has 3 heterocycles. The van der Waals surface area contributed by atoms with Gasteiger partial charge in [-0.2, -0.15) is 0 Å². The topological polar surface area (TPSA) is 105 Å². The Labute approximate surface area is 138 Å². The molecule has 0 fully saturated rings. The second kappa shape index (κ2) is 7.73. The highest BCUT2D eigenvalue weighted by molar-refractivity contribution is 5.91. The van der Waals surface area contributed by atoms with Crippen molar-refractivity contribution in [3.05, 3.63) is 60.8 Å². The van der Waals surface area contributed by atoms with Gasteiger partial charge >= 0.3 is 0 Å². The zero-order valence-corrected chi connectivity index (χ0v) is 12.8. The Morgan fingerprint density at radius 1 is 1.04 bits per heavy atom. The van der Waals surface area contributed by atoms with Crippen LogP contribution >= 0.6 is 0 Å². The van der Waals surface area contributed by atoms with Crippen LogP contribution in [0, 0.1) is 0 Å². The zero-order chi connectivity index (χ0) is 16.6. The third-order valence-electron chi connectivity index (χ3n) is 3.06. The van der Waals surface area contributed by atoms with E-state index in [1.807, 2.05) is 18.2 Å². The molecule has 3 aromatic rings. The number of nitrogens with one attached hydrogen (secondary N) is 3. The van der Waals surface area contributed by atoms with Gasteiger partial charge in [0.1, 0.15) is 5.82 Å². The smallest absolute Gasteiger partial charge is 0.287 e. The van der Waals surface area contributed by atoms with Crippen molar-refractivity contribution in [1.29, 1.82) is 0 Å². The third kappa shape index (κ3) is 4.29. The van der Waals surface area contributed by atoms with Crippen molar-refractivity contribution in [3.8, 4) is 0 Å². The summed E-state index contributed by atoms with van der Waals surface area (Å²) in [6, 6.07) is 10.6. The molecule has 0 aliphatic heterocycles. The van der Waals surface area contributed by atoms with E-state index in [-0.39, 0.29) is 5.91 Å². The monoisotopic (exact) mass is 324 g/mol. The number of hydrogen-bond acceptors (Lipinski definition) is 7. The van der Waals surface area contributed by atoms with Crippen molar-refractivity contribution < 1.29 is 9.21 Å². The van der Waals surface area contributed by atoms with Crippen LogP contribution in [0.4, 0.5) is 17.3 Å². The van der Waals surface area contributed by atoms with Gasteiger partial charge in [-0.1, -0.05) is 0 Å². The number of carbonyl (C=O) groups excluding carboxylic acids is 1. The van der Waals surface area contributed by atoms with Gasteiger partial charge in [-0.15, -0.1) is 10.2 Å². The average Bonchev–Trinajstić information content (AvgIpc) is 3.16. The van der Waals surface area contributed by atoms with Crippen molar-refractivity contribution in [2.45, 2.75) is 0 Å². The second-order valence-electron chi connectivity index (χ2n) is 4.83. The van der Waals surface area contributed by atoms with Gasteiger partial charge in [0.05, 0.1) is 18.1 Å². The van der Waals surface area contributed by atoms with Crippen LogP contribution in [-0.4, -0.2) is 34.2 Å². The Hall–Kier alpha value is -3.42. The van der Waals surface area contributed by atoms with Gasteiger partial charge in [-0.05, 0) is 36.4 Å². The molecule has 0 aliphatic carbocycles. The summed E-state index contributed by atoms with van der Waals surface area (Å²) in [5, 5.41) is 17.1. The first kappa shape index (κ1) is 15.5. The summed E-state index contributed by atoms with van der Waals surface area (Å²) in [4.78, 5) is 15.7. The predicted octanol–water partition coefficient (Wildman–Crippen LogP) is 2.05. The number of hydrogen-bond donors (Lipinski definition) is 3. The lowest BCUT2D eigenvalue weighted by Crippen LogP contribution is -2.28. The quantitative estimate of drug-likeness (QED) is 0.571. The van der Waals surface area contributed by atoms with Gasteiger partial charge in [-0.25, -0.2) is 0 Å². The number of amides is 1. The van der Waals surface area contributed by atoms with E-state index in [2.05, 4.69) is 31.1 Å². The largest absolute Gasteiger partial charge is 0.459 e. The van der Waals surface area contributed by atoms with Crippen molar-refractivity contribution in [1.82, 2.24) is 20.5 Å². The zero-order valence-electron chi connectivity index (χ0n) is 12.8. The van der Waals surface area contributed by atoms with E-state index in [0.29, 0.717) is 30.5 Å². The van der Waals surface area contributed by atoms with Crippen LogP contribution in [0.25, 0.3) is 0 Å². The number of rotatable bonds is 7. The van der Waals surface area contributed by atoms with Crippen LogP contribution < -0.4 is 16.0 Å². The highest BCUT2D eigenvalue weighted by Crippen LogP contribution is 2.12. The van der Waals surface area contributed by atoms with Crippen LogP contribution in [-0.2, 0) is 0 Å². The second-order valence-corrected chi connectivity index (χ2v) is 4.83. The van der Waals surface area contributed by atoms with E-state index in [0.717, 1.165) is 5.69 Å². The number of nitrogens with zero attached hydrogens (tertiary/aromatic N) is 3. The molecular formula is C16H16N6O2. The first-order valence-electron chi connectivity index (χ1n) is 7.37. The highest BCUT2D eigenvalue weighted by Gasteiger charge is 2.06. The average molecular weight is 324 g/mol. The molecule has 0 saturated heterocycles. The molecule has 0 atom stereocenters. The maximum Gasteiger partial charge on any atom is 0.287 e. The molecule has 24 heavy (non-hydrogen) atoms. The summed E-state index contributed by atoms with van der Waals surface area (Å²) in [6.45, 7) is 0.966.